The van der Waals surface area contributed by atoms with Gasteiger partial charge in [0.1, 0.15) is 51.6 Å². The lowest BCUT2D eigenvalue weighted by molar-refractivity contribution is -0.173. The molecular weight excluding hydrogens is 564 g/mol. The largest absolute Gasteiger partial charge is 0.507 e. The number of ether oxygens (including phenoxy) is 3. The fourth-order valence-electron chi connectivity index (χ4n) is 6.98. The van der Waals surface area contributed by atoms with Crippen LogP contribution in [0.4, 0.5) is 11.6 Å². The number of esters is 1. The molecule has 0 unspecified atom stereocenters. The molecule has 44 heavy (non-hydrogen) atoms. The molecular formula is C33H34N4O7. The minimum Gasteiger partial charge on any atom is -0.507 e. The van der Waals surface area contributed by atoms with Crippen LogP contribution in [0.1, 0.15) is 62.3 Å². The minimum absolute atomic E-state index is 0.0964. The highest BCUT2D eigenvalue weighted by molar-refractivity contribution is 5.88. The van der Waals surface area contributed by atoms with Crippen molar-refractivity contribution in [3.8, 4) is 22.8 Å². The van der Waals surface area contributed by atoms with Crippen molar-refractivity contribution in [2.45, 2.75) is 82.2 Å². The van der Waals surface area contributed by atoms with E-state index in [0.717, 1.165) is 11.1 Å². The molecule has 1 aromatic carbocycles. The lowest BCUT2D eigenvalue weighted by atomic mass is 9.76. The average molecular weight is 599 g/mol. The lowest BCUT2D eigenvalue weighted by Crippen LogP contribution is -2.53. The first kappa shape index (κ1) is 28.1. The highest BCUT2D eigenvalue weighted by Gasteiger charge is 2.65. The van der Waals surface area contributed by atoms with Gasteiger partial charge in [-0.25, -0.2) is 14.8 Å². The first-order valence-electron chi connectivity index (χ1n) is 14.8. The Morgan fingerprint density at radius 3 is 2.70 bits per heavy atom. The summed E-state index contributed by atoms with van der Waals surface area (Å²) in [6, 6.07) is 10.4. The van der Waals surface area contributed by atoms with Gasteiger partial charge in [0.2, 0.25) is 0 Å². The van der Waals surface area contributed by atoms with E-state index in [-0.39, 0.29) is 34.2 Å². The molecule has 3 aliphatic rings. The Morgan fingerprint density at radius 1 is 1.09 bits per heavy atom. The number of aryl methyl sites for hydroxylation is 2. The van der Waals surface area contributed by atoms with Gasteiger partial charge in [-0.3, -0.25) is 4.79 Å². The molecule has 0 saturated carbocycles. The summed E-state index contributed by atoms with van der Waals surface area (Å²) in [6.45, 7) is 5.39. The highest BCUT2D eigenvalue weighted by atomic mass is 16.7. The van der Waals surface area contributed by atoms with Crippen LogP contribution in [0.5, 0.6) is 11.5 Å². The molecule has 4 atom stereocenters. The van der Waals surface area contributed by atoms with Crippen molar-refractivity contribution >= 4 is 28.6 Å². The van der Waals surface area contributed by atoms with Crippen LogP contribution in [-0.2, 0) is 20.7 Å². The second-order valence-corrected chi connectivity index (χ2v) is 12.6. The van der Waals surface area contributed by atoms with E-state index in [4.69, 9.17) is 30.1 Å². The number of nitrogen functional groups attached to an aromatic ring is 2. The number of aromatic hydroxyl groups is 1. The van der Waals surface area contributed by atoms with Crippen molar-refractivity contribution in [3.05, 3.63) is 69.7 Å². The van der Waals surface area contributed by atoms with Gasteiger partial charge in [0, 0.05) is 35.4 Å². The molecule has 4 aromatic rings. The predicted molar refractivity (Wildman–Crippen MR) is 162 cm³/mol. The van der Waals surface area contributed by atoms with Crippen LogP contribution in [0, 0.1) is 6.92 Å². The number of hydrogen-bond acceptors (Lipinski definition) is 11. The van der Waals surface area contributed by atoms with Crippen molar-refractivity contribution in [2.75, 3.05) is 11.5 Å². The van der Waals surface area contributed by atoms with E-state index in [0.29, 0.717) is 66.5 Å². The first-order chi connectivity index (χ1) is 20.9. The van der Waals surface area contributed by atoms with Crippen LogP contribution in [-0.4, -0.2) is 44.5 Å². The number of benzene rings is 1. The Morgan fingerprint density at radius 2 is 1.91 bits per heavy atom. The molecule has 3 aromatic heterocycles. The molecule has 0 radical (unpaired) electrons. The number of carbonyl (C=O) groups is 1. The van der Waals surface area contributed by atoms with Gasteiger partial charge >= 0.3 is 5.97 Å². The van der Waals surface area contributed by atoms with Crippen LogP contribution in [0.25, 0.3) is 22.2 Å². The topological polar surface area (TPSA) is 176 Å². The van der Waals surface area contributed by atoms with E-state index in [1.807, 2.05) is 32.0 Å². The molecule has 11 nitrogen and oxygen atoms in total. The summed E-state index contributed by atoms with van der Waals surface area (Å²) in [5.41, 5.74) is 12.9. The number of pyridine rings is 2. The highest BCUT2D eigenvalue weighted by Crippen LogP contribution is 2.54. The molecule has 0 bridgehead atoms. The van der Waals surface area contributed by atoms with Crippen LogP contribution >= 0.6 is 0 Å². The van der Waals surface area contributed by atoms with E-state index < -0.39 is 23.3 Å². The number of carbonyl (C=O) groups excluding carboxylic acids is 1. The van der Waals surface area contributed by atoms with Crippen molar-refractivity contribution in [3.63, 3.8) is 0 Å². The van der Waals surface area contributed by atoms with Gasteiger partial charge < -0.3 is 35.2 Å². The van der Waals surface area contributed by atoms with Crippen molar-refractivity contribution < 1.29 is 28.5 Å². The molecule has 1 spiro atoms. The number of phenols is 1. The number of aromatic nitrogens is 2. The Bertz CT molecular complexity index is 1890. The normalized spacial score (nSPS) is 25.3. The van der Waals surface area contributed by atoms with Gasteiger partial charge in [-0.1, -0.05) is 0 Å². The number of fused-ring (bicyclic) bond motifs is 4. The zero-order valence-corrected chi connectivity index (χ0v) is 24.8. The third-order valence-corrected chi connectivity index (χ3v) is 9.05. The standard InChI is InChI=1S/C33H34N4O7/c1-16-11-21(38)28-22(41-16)15-23-27(29(28)39)19-5-4-9-33(31(40)42-30(19)32(2,3)43-23)24(44-33)7-6-17-12-20(37-26(35)13-17)18-8-10-36-25(34)14-18/h8,10-15,19,24,30,39H,4-7,9H2,1-3H3,(H2,34,36)(H2,35,37)/t19-,24-,30-,33-/m1/s1. The zero-order chi connectivity index (χ0) is 31.0. The van der Waals surface area contributed by atoms with Gasteiger partial charge in [0.15, 0.2) is 11.0 Å². The Balaban J connectivity index is 1.12. The third kappa shape index (κ3) is 4.62. The van der Waals surface area contributed by atoms with Crippen LogP contribution in [0.3, 0.4) is 0 Å². The summed E-state index contributed by atoms with van der Waals surface area (Å²) in [6.07, 6.45) is 3.55. The average Bonchev–Trinajstić information content (AvgIpc) is 3.66. The van der Waals surface area contributed by atoms with E-state index in [1.165, 1.54) is 6.07 Å². The molecule has 228 valence electrons. The Labute approximate surface area is 253 Å². The predicted octanol–water partition coefficient (Wildman–Crippen LogP) is 4.55. The van der Waals surface area contributed by atoms with Gasteiger partial charge in [0.05, 0.1) is 11.8 Å². The first-order valence-corrected chi connectivity index (χ1v) is 14.8. The summed E-state index contributed by atoms with van der Waals surface area (Å²) in [5, 5.41) is 11.4. The lowest BCUT2D eigenvalue weighted by Gasteiger charge is -2.45. The van der Waals surface area contributed by atoms with E-state index in [9.17, 15) is 14.7 Å². The molecule has 2 saturated heterocycles. The SMILES string of the molecule is Cc1cc(=O)c2c(O)c3c(cc2o1)OC(C)(C)[C@@H]1OC(=O)[C@]2(CCC[C@H]31)O[C@@H]2CCc1cc(N)nc(-c2ccnc(N)c2)c1. The van der Waals surface area contributed by atoms with Crippen LogP contribution in [0.15, 0.2) is 51.8 Å². The monoisotopic (exact) mass is 598 g/mol. The number of epoxide rings is 1. The van der Waals surface area contributed by atoms with E-state index >= 15 is 0 Å². The number of anilines is 2. The molecule has 5 N–H and O–H groups in total. The van der Waals surface area contributed by atoms with Gasteiger partial charge in [-0.2, -0.15) is 0 Å². The van der Waals surface area contributed by atoms with Crippen molar-refractivity contribution in [1.82, 2.24) is 9.97 Å². The number of phenolic OH excluding ortho intramolecular Hbond substituents is 1. The van der Waals surface area contributed by atoms with Crippen LogP contribution in [0.2, 0.25) is 0 Å². The number of nitrogens with zero attached hydrogens (tertiary/aromatic N) is 2. The Hall–Kier alpha value is -4.64. The van der Waals surface area contributed by atoms with Gasteiger partial charge in [-0.05, 0) is 82.7 Å². The smallest absolute Gasteiger partial charge is 0.341 e. The second kappa shape index (κ2) is 9.95. The number of hydrogen-bond donors (Lipinski definition) is 3. The summed E-state index contributed by atoms with van der Waals surface area (Å²) < 4.78 is 24.4. The molecule has 6 heterocycles. The van der Waals surface area contributed by atoms with Crippen LogP contribution < -0.4 is 21.6 Å². The maximum Gasteiger partial charge on any atom is 0.341 e. The van der Waals surface area contributed by atoms with E-state index in [2.05, 4.69) is 9.97 Å². The van der Waals surface area contributed by atoms with Gasteiger partial charge in [-0.15, -0.1) is 0 Å². The molecule has 11 heteroatoms. The van der Waals surface area contributed by atoms with E-state index in [1.54, 1.807) is 25.3 Å². The minimum atomic E-state index is -1.04. The second-order valence-electron chi connectivity index (χ2n) is 12.6. The fourth-order valence-corrected chi connectivity index (χ4v) is 6.98. The maximum absolute atomic E-state index is 13.8. The summed E-state index contributed by atoms with van der Waals surface area (Å²) in [5.74, 6) is 0.644. The molecule has 0 amide bonds. The summed E-state index contributed by atoms with van der Waals surface area (Å²) in [4.78, 5) is 35.0. The number of nitrogens with two attached hydrogens (primary N) is 2. The molecule has 3 aliphatic heterocycles. The molecule has 0 aliphatic carbocycles. The van der Waals surface area contributed by atoms with Crippen molar-refractivity contribution in [1.29, 1.82) is 0 Å². The zero-order valence-electron chi connectivity index (χ0n) is 24.8. The van der Waals surface area contributed by atoms with Gasteiger partial charge in [0.25, 0.3) is 0 Å². The number of rotatable bonds is 4. The fraction of sp³-hybridized carbons (Fsp3) is 0.394. The quantitative estimate of drug-likeness (QED) is 0.222. The summed E-state index contributed by atoms with van der Waals surface area (Å²) >= 11 is 0. The molecule has 7 rings (SSSR count). The Kier molecular flexibility index (Phi) is 6.36. The molecule has 2 fully saturated rings. The summed E-state index contributed by atoms with van der Waals surface area (Å²) in [7, 11) is 0. The maximum atomic E-state index is 13.8. The van der Waals surface area contributed by atoms with Crippen molar-refractivity contribution in [2.24, 2.45) is 0 Å². The third-order valence-electron chi connectivity index (χ3n) is 9.05.